The van der Waals surface area contributed by atoms with Crippen LogP contribution in [0, 0.1) is 0 Å². The molecule has 0 amide bonds. The molecule has 0 aliphatic carbocycles. The van der Waals surface area contributed by atoms with Crippen molar-refractivity contribution < 1.29 is 0 Å². The molecule has 1 aromatic carbocycles. The molecule has 1 unspecified atom stereocenters. The van der Waals surface area contributed by atoms with Gasteiger partial charge in [0.05, 0.1) is 11.4 Å². The van der Waals surface area contributed by atoms with Gasteiger partial charge in [-0.05, 0) is 25.5 Å². The number of pyridine rings is 1. The van der Waals surface area contributed by atoms with Gasteiger partial charge in [0.2, 0.25) is 0 Å². The molecule has 0 spiro atoms. The van der Waals surface area contributed by atoms with Crippen LogP contribution in [-0.2, 0) is 0 Å². The van der Waals surface area contributed by atoms with Crippen LogP contribution >= 0.6 is 0 Å². The Morgan fingerprint density at radius 1 is 1.47 bits per heavy atom. The number of anilines is 2. The fraction of sp³-hybridized carbons (Fsp3) is 0.214. The van der Waals surface area contributed by atoms with Crippen molar-refractivity contribution in [2.75, 3.05) is 11.1 Å². The van der Waals surface area contributed by atoms with E-state index in [-0.39, 0.29) is 0 Å². The molecule has 3 nitrogen and oxygen atoms in total. The first-order chi connectivity index (χ1) is 8.22. The minimum absolute atomic E-state index is 0.328. The molecule has 3 N–H and O–H groups in total. The molecule has 0 aliphatic rings. The van der Waals surface area contributed by atoms with E-state index in [1.165, 1.54) is 0 Å². The second-order valence-corrected chi connectivity index (χ2v) is 4.19. The Morgan fingerprint density at radius 3 is 3.06 bits per heavy atom. The van der Waals surface area contributed by atoms with Gasteiger partial charge in [-0.2, -0.15) is 0 Å². The minimum atomic E-state index is 0.328. The lowest BCUT2D eigenvalue weighted by Gasteiger charge is -2.16. The summed E-state index contributed by atoms with van der Waals surface area (Å²) >= 11 is 0. The summed E-state index contributed by atoms with van der Waals surface area (Å²) in [7, 11) is 0. The van der Waals surface area contributed by atoms with Gasteiger partial charge in [-0.15, -0.1) is 6.58 Å². The summed E-state index contributed by atoms with van der Waals surface area (Å²) in [4.78, 5) is 4.08. The number of rotatable bonds is 4. The van der Waals surface area contributed by atoms with Crippen LogP contribution in [0.3, 0.4) is 0 Å². The second kappa shape index (κ2) is 4.87. The highest BCUT2D eigenvalue weighted by Crippen LogP contribution is 2.28. The van der Waals surface area contributed by atoms with Gasteiger partial charge in [0, 0.05) is 29.2 Å². The molecule has 0 radical (unpaired) electrons. The zero-order chi connectivity index (χ0) is 12.3. The van der Waals surface area contributed by atoms with E-state index in [4.69, 9.17) is 5.73 Å². The maximum absolute atomic E-state index is 6.15. The summed E-state index contributed by atoms with van der Waals surface area (Å²) in [6, 6.07) is 6.29. The van der Waals surface area contributed by atoms with E-state index >= 15 is 0 Å². The summed E-state index contributed by atoms with van der Waals surface area (Å²) in [5.74, 6) is 0. The van der Waals surface area contributed by atoms with Crippen molar-refractivity contribution in [1.29, 1.82) is 0 Å². The number of nitrogens with one attached hydrogen (secondary N) is 1. The van der Waals surface area contributed by atoms with E-state index in [1.54, 1.807) is 6.20 Å². The third kappa shape index (κ3) is 2.38. The van der Waals surface area contributed by atoms with Gasteiger partial charge < -0.3 is 11.1 Å². The molecule has 17 heavy (non-hydrogen) atoms. The van der Waals surface area contributed by atoms with Gasteiger partial charge >= 0.3 is 0 Å². The predicted molar refractivity (Wildman–Crippen MR) is 74.1 cm³/mol. The minimum Gasteiger partial charge on any atom is -0.397 e. The molecule has 0 saturated carbocycles. The summed E-state index contributed by atoms with van der Waals surface area (Å²) < 4.78 is 0. The molecule has 88 valence electrons. The summed E-state index contributed by atoms with van der Waals surface area (Å²) in [5, 5.41) is 5.49. The van der Waals surface area contributed by atoms with E-state index in [0.717, 1.165) is 28.6 Å². The van der Waals surface area contributed by atoms with Crippen molar-refractivity contribution in [3.63, 3.8) is 0 Å². The summed E-state index contributed by atoms with van der Waals surface area (Å²) in [5.41, 5.74) is 7.90. The smallest absolute Gasteiger partial charge is 0.0630 e. The number of nitrogens with zero attached hydrogens (tertiary/aromatic N) is 1. The number of nitrogens with two attached hydrogens (primary N) is 1. The monoisotopic (exact) mass is 227 g/mol. The van der Waals surface area contributed by atoms with Gasteiger partial charge in [-0.1, -0.05) is 12.1 Å². The van der Waals surface area contributed by atoms with Crippen LogP contribution in [0.25, 0.3) is 10.8 Å². The fourth-order valence-corrected chi connectivity index (χ4v) is 1.89. The van der Waals surface area contributed by atoms with Crippen molar-refractivity contribution >= 4 is 22.1 Å². The molecular formula is C14H17N3. The van der Waals surface area contributed by atoms with Crippen molar-refractivity contribution in [2.45, 2.75) is 19.4 Å². The van der Waals surface area contributed by atoms with Crippen LogP contribution in [0.5, 0.6) is 0 Å². The Balaban J connectivity index is 2.35. The lowest BCUT2D eigenvalue weighted by molar-refractivity contribution is 0.815. The molecule has 0 fully saturated rings. The molecule has 1 heterocycles. The predicted octanol–water partition coefficient (Wildman–Crippen LogP) is 3.19. The Bertz CT molecular complexity index is 534. The third-order valence-electron chi connectivity index (χ3n) is 2.78. The van der Waals surface area contributed by atoms with E-state index in [9.17, 15) is 0 Å². The molecule has 2 rings (SSSR count). The quantitative estimate of drug-likeness (QED) is 0.623. The Kier molecular flexibility index (Phi) is 3.28. The average Bonchev–Trinajstić information content (AvgIpc) is 2.33. The van der Waals surface area contributed by atoms with Gasteiger partial charge in [-0.25, -0.2) is 0 Å². The molecule has 1 aromatic heterocycles. The van der Waals surface area contributed by atoms with Crippen LogP contribution in [0.4, 0.5) is 11.4 Å². The fourth-order valence-electron chi connectivity index (χ4n) is 1.89. The maximum Gasteiger partial charge on any atom is 0.0630 e. The molecule has 2 aromatic rings. The molecule has 3 heteroatoms. The van der Waals surface area contributed by atoms with E-state index in [0.29, 0.717) is 6.04 Å². The lowest BCUT2D eigenvalue weighted by atomic mass is 10.1. The molecule has 0 bridgehead atoms. The first kappa shape index (κ1) is 11.5. The first-order valence-electron chi connectivity index (χ1n) is 5.72. The Labute approximate surface area is 101 Å². The van der Waals surface area contributed by atoms with Crippen LogP contribution in [0.2, 0.25) is 0 Å². The summed E-state index contributed by atoms with van der Waals surface area (Å²) in [6.45, 7) is 5.84. The zero-order valence-corrected chi connectivity index (χ0v) is 9.98. The molecule has 0 aliphatic heterocycles. The highest BCUT2D eigenvalue weighted by atomic mass is 14.9. The molecule has 0 saturated heterocycles. The topological polar surface area (TPSA) is 50.9 Å². The standard InChI is InChI=1S/C14H17N3/c1-3-4-10(2)17-13-6-5-11-9-16-8-7-12(11)14(13)15/h3,5-10,17H,1,4,15H2,2H3. The highest BCUT2D eigenvalue weighted by Gasteiger charge is 2.06. The Hall–Kier alpha value is -2.03. The normalized spacial score (nSPS) is 12.3. The van der Waals surface area contributed by atoms with Crippen LogP contribution in [0.15, 0.2) is 43.2 Å². The SMILES string of the molecule is C=CCC(C)Nc1ccc2cnccc2c1N. The summed E-state index contributed by atoms with van der Waals surface area (Å²) in [6.07, 6.45) is 6.39. The van der Waals surface area contributed by atoms with Gasteiger partial charge in [-0.3, -0.25) is 4.98 Å². The number of benzene rings is 1. The van der Waals surface area contributed by atoms with Gasteiger partial charge in [0.1, 0.15) is 0 Å². The van der Waals surface area contributed by atoms with Crippen molar-refractivity contribution in [2.24, 2.45) is 0 Å². The maximum atomic E-state index is 6.15. The first-order valence-corrected chi connectivity index (χ1v) is 5.72. The zero-order valence-electron chi connectivity index (χ0n) is 9.98. The number of hydrogen-bond donors (Lipinski definition) is 2. The van der Waals surface area contributed by atoms with E-state index in [2.05, 4.69) is 23.8 Å². The van der Waals surface area contributed by atoms with Crippen LogP contribution in [0.1, 0.15) is 13.3 Å². The van der Waals surface area contributed by atoms with Crippen molar-refractivity contribution in [1.82, 2.24) is 4.98 Å². The van der Waals surface area contributed by atoms with Crippen molar-refractivity contribution in [3.05, 3.63) is 43.2 Å². The van der Waals surface area contributed by atoms with Gasteiger partial charge in [0.15, 0.2) is 0 Å². The Morgan fingerprint density at radius 2 is 2.29 bits per heavy atom. The molecular weight excluding hydrogens is 210 g/mol. The number of fused-ring (bicyclic) bond motifs is 1. The van der Waals surface area contributed by atoms with Crippen LogP contribution in [-0.4, -0.2) is 11.0 Å². The van der Waals surface area contributed by atoms with E-state index in [1.807, 2.05) is 30.5 Å². The largest absolute Gasteiger partial charge is 0.397 e. The van der Waals surface area contributed by atoms with Crippen molar-refractivity contribution in [3.8, 4) is 0 Å². The number of nitrogen functional groups attached to an aromatic ring is 1. The molecule has 1 atom stereocenters. The van der Waals surface area contributed by atoms with Crippen LogP contribution < -0.4 is 11.1 Å². The number of aromatic nitrogens is 1. The average molecular weight is 227 g/mol. The van der Waals surface area contributed by atoms with E-state index < -0.39 is 0 Å². The lowest BCUT2D eigenvalue weighted by Crippen LogP contribution is -2.15. The second-order valence-electron chi connectivity index (χ2n) is 4.19. The number of hydrogen-bond acceptors (Lipinski definition) is 3. The third-order valence-corrected chi connectivity index (χ3v) is 2.78. The van der Waals surface area contributed by atoms with Gasteiger partial charge in [0.25, 0.3) is 0 Å². The highest BCUT2D eigenvalue weighted by molar-refractivity contribution is 5.98.